The Balaban J connectivity index is 2.42. The molecule has 108 valence electrons. The lowest BCUT2D eigenvalue weighted by Crippen LogP contribution is -2.17. The van der Waals surface area contributed by atoms with Gasteiger partial charge in [-0.05, 0) is 17.8 Å². The van der Waals surface area contributed by atoms with Gasteiger partial charge in [0.05, 0.1) is 4.92 Å². The largest absolute Gasteiger partial charge is 0.409 e. The quantitative estimate of drug-likeness (QED) is 0.182. The number of nitrogens with two attached hydrogens (primary N) is 1. The van der Waals surface area contributed by atoms with Crippen molar-refractivity contribution in [3.05, 3.63) is 50.6 Å². The molecule has 0 aromatic carbocycles. The zero-order valence-electron chi connectivity index (χ0n) is 10.3. The minimum Gasteiger partial charge on any atom is -0.409 e. The highest BCUT2D eigenvalue weighted by Gasteiger charge is 2.20. The maximum absolute atomic E-state index is 11.2. The third-order valence-electron chi connectivity index (χ3n) is 2.24. The van der Waals surface area contributed by atoms with E-state index in [0.717, 1.165) is 11.8 Å². The van der Waals surface area contributed by atoms with Gasteiger partial charge in [0.25, 0.3) is 11.2 Å². The molecule has 0 spiro atoms. The second-order valence-corrected chi connectivity index (χ2v) is 4.61. The number of hydrogen-bond acceptors (Lipinski definition) is 8. The van der Waals surface area contributed by atoms with Crippen LogP contribution in [0.25, 0.3) is 0 Å². The van der Waals surface area contributed by atoms with Crippen LogP contribution in [0.15, 0.2) is 44.5 Å². The zero-order chi connectivity index (χ0) is 15.4. The van der Waals surface area contributed by atoms with Gasteiger partial charge < -0.3 is 15.9 Å². The highest BCUT2D eigenvalue weighted by Crippen LogP contribution is 2.25. The van der Waals surface area contributed by atoms with E-state index in [1.165, 1.54) is 24.4 Å². The molecule has 4 N–H and O–H groups in total. The fourth-order valence-corrected chi connectivity index (χ4v) is 2.11. The summed E-state index contributed by atoms with van der Waals surface area (Å²) in [5.41, 5.74) is 4.36. The van der Waals surface area contributed by atoms with Crippen molar-refractivity contribution in [1.82, 2.24) is 15.0 Å². The number of aromatic nitrogens is 3. The molecule has 0 unspecified atom stereocenters. The SMILES string of the molecule is N/C(=N/O)c1nc(Sc2nccc(=O)[nH]2)ccc1[N+](=O)[O-]. The van der Waals surface area contributed by atoms with Gasteiger partial charge in [0, 0.05) is 18.3 Å². The second-order valence-electron chi connectivity index (χ2n) is 3.60. The van der Waals surface area contributed by atoms with Crippen LogP contribution in [0.4, 0.5) is 5.69 Å². The molecular weight excluding hydrogens is 300 g/mol. The van der Waals surface area contributed by atoms with E-state index in [2.05, 4.69) is 20.1 Å². The Morgan fingerprint density at radius 3 is 2.86 bits per heavy atom. The molecule has 0 aliphatic carbocycles. The third-order valence-corrected chi connectivity index (χ3v) is 3.08. The van der Waals surface area contributed by atoms with E-state index < -0.39 is 16.4 Å². The molecule has 2 rings (SSSR count). The number of rotatable bonds is 4. The summed E-state index contributed by atoms with van der Waals surface area (Å²) in [6, 6.07) is 3.78. The average Bonchev–Trinajstić information content (AvgIpc) is 2.46. The zero-order valence-corrected chi connectivity index (χ0v) is 11.1. The van der Waals surface area contributed by atoms with Crippen LogP contribution in [0.5, 0.6) is 0 Å². The van der Waals surface area contributed by atoms with E-state index in [1.54, 1.807) is 0 Å². The van der Waals surface area contributed by atoms with Crippen LogP contribution in [0.2, 0.25) is 0 Å². The number of H-pyrrole nitrogens is 1. The molecule has 0 radical (unpaired) electrons. The summed E-state index contributed by atoms with van der Waals surface area (Å²) < 4.78 is 0. The van der Waals surface area contributed by atoms with Crippen molar-refractivity contribution < 1.29 is 10.1 Å². The van der Waals surface area contributed by atoms with Crippen LogP contribution in [0.3, 0.4) is 0 Å². The average molecular weight is 308 g/mol. The van der Waals surface area contributed by atoms with Gasteiger partial charge in [-0.1, -0.05) is 5.16 Å². The molecule has 0 bridgehead atoms. The van der Waals surface area contributed by atoms with Gasteiger partial charge >= 0.3 is 0 Å². The molecular formula is C10H8N6O4S. The van der Waals surface area contributed by atoms with Crippen molar-refractivity contribution in [2.75, 3.05) is 0 Å². The van der Waals surface area contributed by atoms with Crippen LogP contribution >= 0.6 is 11.8 Å². The van der Waals surface area contributed by atoms with Gasteiger partial charge in [0.2, 0.25) is 0 Å². The maximum atomic E-state index is 11.2. The van der Waals surface area contributed by atoms with E-state index in [1.807, 2.05) is 0 Å². The van der Waals surface area contributed by atoms with Gasteiger partial charge in [-0.2, -0.15) is 0 Å². The summed E-state index contributed by atoms with van der Waals surface area (Å²) in [7, 11) is 0. The summed E-state index contributed by atoms with van der Waals surface area (Å²) in [5.74, 6) is -0.487. The predicted octanol–water partition coefficient (Wildman–Crippen LogP) is 0.319. The van der Waals surface area contributed by atoms with E-state index in [0.29, 0.717) is 0 Å². The fourth-order valence-electron chi connectivity index (χ4n) is 1.38. The van der Waals surface area contributed by atoms with Crippen molar-refractivity contribution in [2.24, 2.45) is 10.9 Å². The molecule has 10 nitrogen and oxygen atoms in total. The lowest BCUT2D eigenvalue weighted by Gasteiger charge is -2.03. The van der Waals surface area contributed by atoms with Gasteiger partial charge in [-0.3, -0.25) is 14.9 Å². The molecule has 2 aromatic rings. The Hall–Kier alpha value is -2.95. The lowest BCUT2D eigenvalue weighted by molar-refractivity contribution is -0.385. The van der Waals surface area contributed by atoms with Crippen molar-refractivity contribution in [1.29, 1.82) is 0 Å². The molecule has 0 aliphatic rings. The van der Waals surface area contributed by atoms with Gasteiger partial charge in [-0.15, -0.1) is 0 Å². The number of nitrogens with one attached hydrogen (secondary N) is 1. The molecule has 11 heteroatoms. The molecule has 0 saturated heterocycles. The highest BCUT2D eigenvalue weighted by atomic mass is 32.2. The summed E-state index contributed by atoms with van der Waals surface area (Å²) in [6.07, 6.45) is 1.32. The Kier molecular flexibility index (Phi) is 4.13. The lowest BCUT2D eigenvalue weighted by atomic mass is 10.3. The van der Waals surface area contributed by atoms with Crippen LogP contribution in [0, 0.1) is 10.1 Å². The highest BCUT2D eigenvalue weighted by molar-refractivity contribution is 7.99. The molecule has 0 saturated carbocycles. The summed E-state index contributed by atoms with van der Waals surface area (Å²) >= 11 is 0.972. The number of amidine groups is 1. The monoisotopic (exact) mass is 308 g/mol. The first-order chi connectivity index (χ1) is 10.0. The minimum absolute atomic E-state index is 0.259. The normalized spacial score (nSPS) is 11.3. The summed E-state index contributed by atoms with van der Waals surface area (Å²) in [4.78, 5) is 31.6. The van der Waals surface area contributed by atoms with Crippen LogP contribution in [-0.2, 0) is 0 Å². The van der Waals surface area contributed by atoms with Crippen molar-refractivity contribution in [3.63, 3.8) is 0 Å². The van der Waals surface area contributed by atoms with Crippen LogP contribution in [-0.4, -0.2) is 30.9 Å². The summed E-state index contributed by atoms with van der Waals surface area (Å²) in [6.45, 7) is 0. The fraction of sp³-hybridized carbons (Fsp3) is 0. The molecule has 2 aromatic heterocycles. The number of aromatic amines is 1. The molecule has 2 heterocycles. The number of hydrogen-bond donors (Lipinski definition) is 3. The van der Waals surface area contributed by atoms with Crippen molar-refractivity contribution >= 4 is 23.3 Å². The minimum atomic E-state index is -0.697. The maximum Gasteiger partial charge on any atom is 0.298 e. The van der Waals surface area contributed by atoms with Gasteiger partial charge in [-0.25, -0.2) is 9.97 Å². The Labute approximate surface area is 120 Å². The van der Waals surface area contributed by atoms with E-state index >= 15 is 0 Å². The Bertz CT molecular complexity index is 774. The van der Waals surface area contributed by atoms with E-state index in [-0.39, 0.29) is 21.4 Å². The van der Waals surface area contributed by atoms with Crippen molar-refractivity contribution in [3.8, 4) is 0 Å². The standard InChI is InChI=1S/C10H8N6O4S/c11-9(15-18)8-5(16(19)20)1-2-7(14-8)21-10-12-4-3-6(17)13-10/h1-4,18H,(H2,11,15)(H,12,13,17). The third kappa shape index (κ3) is 3.33. The first-order valence-corrected chi connectivity index (χ1v) is 6.19. The van der Waals surface area contributed by atoms with E-state index in [4.69, 9.17) is 10.9 Å². The number of nitro groups is 1. The van der Waals surface area contributed by atoms with Crippen LogP contribution < -0.4 is 11.3 Å². The second kappa shape index (κ2) is 6.00. The molecule has 0 fully saturated rings. The first-order valence-electron chi connectivity index (χ1n) is 5.38. The molecule has 0 atom stereocenters. The molecule has 0 amide bonds. The van der Waals surface area contributed by atoms with Gasteiger partial charge in [0.15, 0.2) is 16.7 Å². The van der Waals surface area contributed by atoms with E-state index in [9.17, 15) is 14.9 Å². The molecule has 0 aliphatic heterocycles. The number of nitrogens with zero attached hydrogens (tertiary/aromatic N) is 4. The number of pyridine rings is 1. The molecule has 21 heavy (non-hydrogen) atoms. The van der Waals surface area contributed by atoms with Crippen molar-refractivity contribution in [2.45, 2.75) is 10.2 Å². The predicted molar refractivity (Wildman–Crippen MR) is 72.4 cm³/mol. The van der Waals surface area contributed by atoms with Gasteiger partial charge in [0.1, 0.15) is 5.03 Å². The van der Waals surface area contributed by atoms with Crippen LogP contribution in [0.1, 0.15) is 5.69 Å². The Morgan fingerprint density at radius 2 is 2.24 bits per heavy atom. The topological polar surface area (TPSA) is 160 Å². The first kappa shape index (κ1) is 14.5. The number of oxime groups is 1. The Morgan fingerprint density at radius 1 is 1.48 bits per heavy atom. The summed E-state index contributed by atoms with van der Waals surface area (Å²) in [5, 5.41) is 22.8. The smallest absolute Gasteiger partial charge is 0.298 e.